The van der Waals surface area contributed by atoms with Crippen molar-refractivity contribution in [1.29, 1.82) is 0 Å². The van der Waals surface area contributed by atoms with Crippen LogP contribution in [0.5, 0.6) is 0 Å². The van der Waals surface area contributed by atoms with Crippen molar-refractivity contribution >= 4 is 35.0 Å². The number of carboxylic acids is 2. The molecule has 0 radical (unpaired) electrons. The quantitative estimate of drug-likeness (QED) is 0.134. The summed E-state index contributed by atoms with van der Waals surface area (Å²) in [6, 6.07) is 0. The molecular weight excluding hydrogens is 425 g/mol. The third-order valence-electron chi connectivity index (χ3n) is 5.43. The maximum atomic E-state index is 10.0. The second kappa shape index (κ2) is 38.9. The van der Waals surface area contributed by atoms with Gasteiger partial charge in [0.25, 0.3) is 0 Å². The molecule has 0 heterocycles. The van der Waals surface area contributed by atoms with E-state index in [1.807, 2.05) is 0 Å². The molecule has 0 amide bonds. The van der Waals surface area contributed by atoms with Crippen molar-refractivity contribution in [2.75, 3.05) is 0 Å². The third kappa shape index (κ3) is 54.3. The van der Waals surface area contributed by atoms with Crippen LogP contribution >= 0.6 is 0 Å². The monoisotopic (exact) mass is 480 g/mol. The fourth-order valence-electron chi connectivity index (χ4n) is 3.31. The number of carbonyl (C=O) groups is 2. The third-order valence-corrected chi connectivity index (χ3v) is 5.43. The summed E-state index contributed by atoms with van der Waals surface area (Å²) < 4.78 is 0. The molecule has 0 aromatic heterocycles. The van der Waals surface area contributed by atoms with E-state index in [2.05, 4.69) is 27.7 Å². The van der Waals surface area contributed by atoms with Gasteiger partial charge < -0.3 is 19.8 Å². The van der Waals surface area contributed by atoms with Crippen LogP contribution < -0.4 is 10.2 Å². The van der Waals surface area contributed by atoms with Crippen LogP contribution in [0.4, 0.5) is 0 Å². The molecule has 0 spiro atoms. The second-order valence-electron chi connectivity index (χ2n) is 8.90. The van der Waals surface area contributed by atoms with Crippen molar-refractivity contribution in [2.45, 2.75) is 169 Å². The van der Waals surface area contributed by atoms with Crippen molar-refractivity contribution in [3.63, 3.8) is 0 Å². The zero-order valence-electron chi connectivity index (χ0n) is 22.9. The first kappa shape index (κ1) is 39.9. The minimum Gasteiger partial charge on any atom is -0.550 e. The van der Waals surface area contributed by atoms with Crippen LogP contribution in [0, 0.1) is 0 Å². The van der Waals surface area contributed by atoms with Gasteiger partial charge in [-0.05, 0) is 25.7 Å². The Hall–Kier alpha value is -0.294. The van der Waals surface area contributed by atoms with E-state index in [0.717, 1.165) is 25.7 Å². The van der Waals surface area contributed by atoms with E-state index in [1.165, 1.54) is 103 Å². The van der Waals surface area contributed by atoms with Crippen molar-refractivity contribution in [3.05, 3.63) is 0 Å². The molecular formula is C28H56MgO4. The molecule has 0 bridgehead atoms. The zero-order valence-corrected chi connectivity index (χ0v) is 24.3. The maximum Gasteiger partial charge on any atom is 2.00 e. The summed E-state index contributed by atoms with van der Waals surface area (Å²) in [6.07, 6.45) is 25.2. The smallest absolute Gasteiger partial charge is 0.550 e. The van der Waals surface area contributed by atoms with Crippen molar-refractivity contribution in [1.82, 2.24) is 0 Å². The standard InChI is InChI=1S/2C10H20O2.C8H18.Mg/c2*1-2-3-4-5-6-7-8-9-10(11)12;1-3-5-7-8-6-4-2;/h2*2-9H2,1H3,(H,11,12);3-8H2,1-2H3;/q;;;+2/p-2. The van der Waals surface area contributed by atoms with Crippen LogP contribution in [-0.2, 0) is 9.59 Å². The fraction of sp³-hybridized carbons (Fsp3) is 0.929. The summed E-state index contributed by atoms with van der Waals surface area (Å²) in [5, 5.41) is 20.0. The molecule has 194 valence electrons. The van der Waals surface area contributed by atoms with Crippen molar-refractivity contribution in [3.8, 4) is 0 Å². The minimum absolute atomic E-state index is 0. The molecule has 0 aromatic carbocycles. The Morgan fingerprint density at radius 2 is 0.576 bits per heavy atom. The molecule has 0 unspecified atom stereocenters. The van der Waals surface area contributed by atoms with E-state index in [9.17, 15) is 19.8 Å². The Labute approximate surface area is 223 Å². The van der Waals surface area contributed by atoms with Crippen molar-refractivity contribution < 1.29 is 19.8 Å². The summed E-state index contributed by atoms with van der Waals surface area (Å²) in [5.74, 6) is -1.83. The molecule has 0 saturated heterocycles. The summed E-state index contributed by atoms with van der Waals surface area (Å²) >= 11 is 0. The van der Waals surface area contributed by atoms with Crippen LogP contribution in [0.1, 0.15) is 169 Å². The number of unbranched alkanes of at least 4 members (excludes halogenated alkanes) is 17. The minimum atomic E-state index is -0.913. The second-order valence-corrected chi connectivity index (χ2v) is 8.90. The first-order valence-corrected chi connectivity index (χ1v) is 13.9. The molecule has 5 heteroatoms. The Balaban J connectivity index is -0.000000193. The van der Waals surface area contributed by atoms with Gasteiger partial charge in [-0.25, -0.2) is 0 Å². The Kier molecular flexibility index (Phi) is 47.1. The van der Waals surface area contributed by atoms with Gasteiger partial charge in [-0.2, -0.15) is 0 Å². The number of aliphatic carboxylic acids is 2. The normalized spacial score (nSPS) is 9.70. The average Bonchev–Trinajstić information content (AvgIpc) is 2.76. The Morgan fingerprint density at radius 1 is 0.394 bits per heavy atom. The van der Waals surface area contributed by atoms with E-state index >= 15 is 0 Å². The topological polar surface area (TPSA) is 80.3 Å². The van der Waals surface area contributed by atoms with Gasteiger partial charge in [0.05, 0.1) is 0 Å². The fourth-order valence-corrected chi connectivity index (χ4v) is 3.31. The first-order chi connectivity index (χ1) is 15.5. The molecule has 0 saturated carbocycles. The van der Waals surface area contributed by atoms with Crippen LogP contribution in [0.3, 0.4) is 0 Å². The summed E-state index contributed by atoms with van der Waals surface area (Å²) in [5.41, 5.74) is 0. The molecule has 0 aliphatic carbocycles. The van der Waals surface area contributed by atoms with E-state index in [0.29, 0.717) is 0 Å². The molecule has 0 rings (SSSR count). The molecule has 0 aromatic rings. The van der Waals surface area contributed by atoms with Gasteiger partial charge in [-0.3, -0.25) is 0 Å². The van der Waals surface area contributed by atoms with Crippen LogP contribution in [-0.4, -0.2) is 35.0 Å². The van der Waals surface area contributed by atoms with Crippen LogP contribution in [0.2, 0.25) is 0 Å². The number of hydrogen-bond acceptors (Lipinski definition) is 4. The van der Waals surface area contributed by atoms with Crippen LogP contribution in [0.15, 0.2) is 0 Å². The molecule has 4 nitrogen and oxygen atoms in total. The summed E-state index contributed by atoms with van der Waals surface area (Å²) in [4.78, 5) is 20.0. The Bertz CT molecular complexity index is 328. The van der Waals surface area contributed by atoms with Gasteiger partial charge in [-0.1, -0.05) is 143 Å². The Morgan fingerprint density at radius 3 is 0.758 bits per heavy atom. The average molecular weight is 481 g/mol. The van der Waals surface area contributed by atoms with E-state index in [4.69, 9.17) is 0 Å². The molecule has 0 aliphatic rings. The van der Waals surface area contributed by atoms with E-state index in [-0.39, 0.29) is 35.9 Å². The number of carboxylic acid groups (broad SMARTS) is 2. The van der Waals surface area contributed by atoms with Gasteiger partial charge in [0.1, 0.15) is 0 Å². The predicted octanol–water partition coefficient (Wildman–Crippen LogP) is 6.74. The molecule has 33 heavy (non-hydrogen) atoms. The van der Waals surface area contributed by atoms with E-state index < -0.39 is 11.9 Å². The van der Waals surface area contributed by atoms with Gasteiger partial charge in [-0.15, -0.1) is 0 Å². The predicted molar refractivity (Wildman–Crippen MR) is 140 cm³/mol. The molecule has 0 aliphatic heterocycles. The van der Waals surface area contributed by atoms with Gasteiger partial charge in [0, 0.05) is 11.9 Å². The number of hydrogen-bond donors (Lipinski definition) is 0. The molecule has 0 fully saturated rings. The maximum absolute atomic E-state index is 10.0. The van der Waals surface area contributed by atoms with Gasteiger partial charge in [0.15, 0.2) is 0 Å². The molecule has 0 atom stereocenters. The van der Waals surface area contributed by atoms with Crippen LogP contribution in [0.25, 0.3) is 0 Å². The SMILES string of the molecule is CCCCCCCC.CCCCCCCCCC(=O)[O-].CCCCCCCCCC(=O)[O-].[Mg+2]. The van der Waals surface area contributed by atoms with Gasteiger partial charge >= 0.3 is 23.1 Å². The summed E-state index contributed by atoms with van der Waals surface area (Å²) in [7, 11) is 0. The number of carbonyl (C=O) groups excluding carboxylic acids is 2. The van der Waals surface area contributed by atoms with E-state index in [1.54, 1.807) is 0 Å². The largest absolute Gasteiger partial charge is 2.00 e. The van der Waals surface area contributed by atoms with Gasteiger partial charge in [0.2, 0.25) is 0 Å². The summed E-state index contributed by atoms with van der Waals surface area (Å²) in [6.45, 7) is 8.89. The van der Waals surface area contributed by atoms with Crippen molar-refractivity contribution in [2.24, 2.45) is 0 Å². The first-order valence-electron chi connectivity index (χ1n) is 13.9. The zero-order chi connectivity index (χ0) is 24.7. The number of rotatable bonds is 21. The molecule has 0 N–H and O–H groups in total.